The number of anilines is 1. The molecular formula is C13H16N2O2. The molecule has 0 saturated heterocycles. The van der Waals surface area contributed by atoms with E-state index in [-0.39, 0.29) is 6.04 Å². The van der Waals surface area contributed by atoms with Crippen LogP contribution in [-0.2, 0) is 4.79 Å². The molecular weight excluding hydrogens is 216 g/mol. The van der Waals surface area contributed by atoms with Crippen molar-refractivity contribution in [3.63, 3.8) is 0 Å². The van der Waals surface area contributed by atoms with Crippen LogP contribution in [0.3, 0.4) is 0 Å². The summed E-state index contributed by atoms with van der Waals surface area (Å²) in [5.74, 6) is -1.26. The van der Waals surface area contributed by atoms with E-state index >= 15 is 0 Å². The SMILES string of the molecule is CC(C(=O)O)C(C)N(C)c1ccc(C#N)cc1. The molecule has 0 spiro atoms. The van der Waals surface area contributed by atoms with Crippen LogP contribution in [-0.4, -0.2) is 24.2 Å². The smallest absolute Gasteiger partial charge is 0.308 e. The lowest BCUT2D eigenvalue weighted by Gasteiger charge is -2.29. The Morgan fingerprint density at radius 3 is 2.29 bits per heavy atom. The topological polar surface area (TPSA) is 64.3 Å². The van der Waals surface area contributed by atoms with Gasteiger partial charge in [-0.2, -0.15) is 5.26 Å². The molecule has 17 heavy (non-hydrogen) atoms. The first-order chi connectivity index (χ1) is 7.97. The summed E-state index contributed by atoms with van der Waals surface area (Å²) in [6, 6.07) is 9.04. The Morgan fingerprint density at radius 2 is 1.88 bits per heavy atom. The first-order valence-electron chi connectivity index (χ1n) is 5.43. The molecule has 1 N–H and O–H groups in total. The number of nitriles is 1. The molecule has 1 aromatic carbocycles. The molecule has 1 rings (SSSR count). The van der Waals surface area contributed by atoms with Gasteiger partial charge in [-0.1, -0.05) is 0 Å². The third-order valence-electron chi connectivity index (χ3n) is 3.13. The Labute approximate surface area is 101 Å². The van der Waals surface area contributed by atoms with E-state index in [0.29, 0.717) is 5.56 Å². The lowest BCUT2D eigenvalue weighted by Crippen LogP contribution is -2.37. The molecule has 0 amide bonds. The summed E-state index contributed by atoms with van der Waals surface area (Å²) in [4.78, 5) is 12.8. The number of carboxylic acids is 1. The van der Waals surface area contributed by atoms with Crippen molar-refractivity contribution >= 4 is 11.7 Å². The van der Waals surface area contributed by atoms with Gasteiger partial charge in [-0.05, 0) is 38.1 Å². The summed E-state index contributed by atoms with van der Waals surface area (Å²) in [7, 11) is 1.85. The average Bonchev–Trinajstić information content (AvgIpc) is 2.36. The number of hydrogen-bond donors (Lipinski definition) is 1. The molecule has 4 nitrogen and oxygen atoms in total. The van der Waals surface area contributed by atoms with Crippen LogP contribution in [0.25, 0.3) is 0 Å². The van der Waals surface area contributed by atoms with Crippen LogP contribution >= 0.6 is 0 Å². The van der Waals surface area contributed by atoms with Gasteiger partial charge in [0, 0.05) is 18.8 Å². The van der Waals surface area contributed by atoms with E-state index in [1.807, 2.05) is 31.0 Å². The summed E-state index contributed by atoms with van der Waals surface area (Å²) < 4.78 is 0. The second-order valence-electron chi connectivity index (χ2n) is 4.14. The van der Waals surface area contributed by atoms with Crippen LogP contribution in [0, 0.1) is 17.2 Å². The molecule has 4 heteroatoms. The fourth-order valence-electron chi connectivity index (χ4n) is 1.55. The van der Waals surface area contributed by atoms with Gasteiger partial charge in [0.1, 0.15) is 0 Å². The largest absolute Gasteiger partial charge is 0.481 e. The van der Waals surface area contributed by atoms with Crippen LogP contribution in [0.1, 0.15) is 19.4 Å². The highest BCUT2D eigenvalue weighted by atomic mass is 16.4. The van der Waals surface area contributed by atoms with Crippen molar-refractivity contribution in [2.75, 3.05) is 11.9 Å². The third kappa shape index (κ3) is 2.97. The molecule has 0 aliphatic carbocycles. The summed E-state index contributed by atoms with van der Waals surface area (Å²) in [6.07, 6.45) is 0. The van der Waals surface area contributed by atoms with Gasteiger partial charge in [0.2, 0.25) is 0 Å². The molecule has 2 atom stereocenters. The number of aliphatic carboxylic acids is 1. The average molecular weight is 232 g/mol. The molecule has 2 unspecified atom stereocenters. The van der Waals surface area contributed by atoms with E-state index in [0.717, 1.165) is 5.69 Å². The standard InChI is InChI=1S/C13H16N2O2/c1-9(13(16)17)10(2)15(3)12-6-4-11(8-14)5-7-12/h4-7,9-10H,1-3H3,(H,16,17). The highest BCUT2D eigenvalue weighted by molar-refractivity contribution is 5.71. The lowest BCUT2D eigenvalue weighted by molar-refractivity contribution is -0.141. The van der Waals surface area contributed by atoms with Gasteiger partial charge in [0.25, 0.3) is 0 Å². The van der Waals surface area contributed by atoms with Crippen LogP contribution in [0.2, 0.25) is 0 Å². The quantitative estimate of drug-likeness (QED) is 0.863. The molecule has 1 aromatic rings. The first-order valence-corrected chi connectivity index (χ1v) is 5.43. The normalized spacial score (nSPS) is 13.5. The van der Waals surface area contributed by atoms with Crippen molar-refractivity contribution in [3.8, 4) is 6.07 Å². The minimum absolute atomic E-state index is 0.111. The Morgan fingerprint density at radius 1 is 1.35 bits per heavy atom. The fourth-order valence-corrected chi connectivity index (χ4v) is 1.55. The van der Waals surface area contributed by atoms with E-state index in [1.54, 1.807) is 19.1 Å². The molecule has 0 heterocycles. The molecule has 0 aliphatic rings. The van der Waals surface area contributed by atoms with Gasteiger partial charge < -0.3 is 10.0 Å². The number of benzene rings is 1. The number of hydrogen-bond acceptors (Lipinski definition) is 3. The Bertz CT molecular complexity index is 434. The molecule has 0 aromatic heterocycles. The van der Waals surface area contributed by atoms with Crippen molar-refractivity contribution in [3.05, 3.63) is 29.8 Å². The van der Waals surface area contributed by atoms with Gasteiger partial charge >= 0.3 is 5.97 Å². The fraction of sp³-hybridized carbons (Fsp3) is 0.385. The van der Waals surface area contributed by atoms with E-state index in [9.17, 15) is 4.79 Å². The number of nitrogens with zero attached hydrogens (tertiary/aromatic N) is 2. The molecule has 90 valence electrons. The van der Waals surface area contributed by atoms with Gasteiger partial charge in [-0.15, -0.1) is 0 Å². The second-order valence-corrected chi connectivity index (χ2v) is 4.14. The van der Waals surface area contributed by atoms with Crippen LogP contribution < -0.4 is 4.90 Å². The molecule has 0 aliphatic heterocycles. The van der Waals surface area contributed by atoms with Crippen molar-refractivity contribution in [2.24, 2.45) is 5.92 Å². The molecule has 0 saturated carbocycles. The van der Waals surface area contributed by atoms with Crippen molar-refractivity contribution in [2.45, 2.75) is 19.9 Å². The lowest BCUT2D eigenvalue weighted by atomic mass is 10.0. The summed E-state index contributed by atoms with van der Waals surface area (Å²) >= 11 is 0. The summed E-state index contributed by atoms with van der Waals surface area (Å²) in [5.41, 5.74) is 1.51. The van der Waals surface area contributed by atoms with Crippen LogP contribution in [0.4, 0.5) is 5.69 Å². The number of rotatable bonds is 4. The monoisotopic (exact) mass is 232 g/mol. The number of carboxylic acid groups (broad SMARTS) is 1. The Balaban J connectivity index is 2.85. The maximum Gasteiger partial charge on any atom is 0.308 e. The van der Waals surface area contributed by atoms with Crippen molar-refractivity contribution < 1.29 is 9.90 Å². The summed E-state index contributed by atoms with van der Waals surface area (Å²) in [5, 5.41) is 17.7. The van der Waals surface area contributed by atoms with Gasteiger partial charge in [0.05, 0.1) is 17.6 Å². The predicted octanol–water partition coefficient (Wildman–Crippen LogP) is 2.10. The second kappa shape index (κ2) is 5.35. The summed E-state index contributed by atoms with van der Waals surface area (Å²) in [6.45, 7) is 3.56. The van der Waals surface area contributed by atoms with E-state index in [4.69, 9.17) is 10.4 Å². The van der Waals surface area contributed by atoms with Crippen LogP contribution in [0.5, 0.6) is 0 Å². The van der Waals surface area contributed by atoms with E-state index < -0.39 is 11.9 Å². The van der Waals surface area contributed by atoms with Gasteiger partial charge in [-0.3, -0.25) is 4.79 Å². The van der Waals surface area contributed by atoms with Crippen LogP contribution in [0.15, 0.2) is 24.3 Å². The Hall–Kier alpha value is -2.02. The maximum absolute atomic E-state index is 10.9. The van der Waals surface area contributed by atoms with E-state index in [2.05, 4.69) is 6.07 Å². The highest BCUT2D eigenvalue weighted by Crippen LogP contribution is 2.19. The van der Waals surface area contributed by atoms with Gasteiger partial charge in [0.15, 0.2) is 0 Å². The highest BCUT2D eigenvalue weighted by Gasteiger charge is 2.23. The molecule has 0 bridgehead atoms. The molecule has 0 radical (unpaired) electrons. The zero-order valence-corrected chi connectivity index (χ0v) is 10.2. The minimum atomic E-state index is -0.807. The van der Waals surface area contributed by atoms with E-state index in [1.165, 1.54) is 0 Å². The zero-order chi connectivity index (χ0) is 13.0. The number of carbonyl (C=O) groups is 1. The first kappa shape index (κ1) is 13.0. The van der Waals surface area contributed by atoms with Crippen molar-refractivity contribution in [1.82, 2.24) is 0 Å². The van der Waals surface area contributed by atoms with Crippen molar-refractivity contribution in [1.29, 1.82) is 5.26 Å². The molecule has 0 fully saturated rings. The maximum atomic E-state index is 10.9. The van der Waals surface area contributed by atoms with Gasteiger partial charge in [-0.25, -0.2) is 0 Å². The zero-order valence-electron chi connectivity index (χ0n) is 10.2. The minimum Gasteiger partial charge on any atom is -0.481 e. The third-order valence-corrected chi connectivity index (χ3v) is 3.13. The predicted molar refractivity (Wildman–Crippen MR) is 65.8 cm³/mol. The Kier molecular flexibility index (Phi) is 4.11.